The number of amides is 1. The highest BCUT2D eigenvalue weighted by Crippen LogP contribution is 2.26. The van der Waals surface area contributed by atoms with Gasteiger partial charge in [-0.15, -0.1) is 11.3 Å². The molecule has 0 fully saturated rings. The Kier molecular flexibility index (Phi) is 5.11. The van der Waals surface area contributed by atoms with Gasteiger partial charge in [0.15, 0.2) is 0 Å². The van der Waals surface area contributed by atoms with Crippen LogP contribution in [0.1, 0.15) is 15.2 Å². The van der Waals surface area contributed by atoms with Gasteiger partial charge in [-0.05, 0) is 46.7 Å². The number of hydrogen-bond donors (Lipinski definition) is 1. The molecule has 2 nitrogen and oxygen atoms in total. The molecule has 0 spiro atoms. The number of thiophene rings is 1. The van der Waals surface area contributed by atoms with E-state index < -0.39 is 0 Å². The quantitative estimate of drug-likeness (QED) is 0.692. The molecule has 0 bridgehead atoms. The fraction of sp³-hybridized carbons (Fsp3) is 0.105. The van der Waals surface area contributed by atoms with E-state index in [4.69, 9.17) is 11.6 Å². The first kappa shape index (κ1) is 15.8. The number of halogens is 1. The maximum atomic E-state index is 12.2. The van der Waals surface area contributed by atoms with Gasteiger partial charge in [-0.3, -0.25) is 4.79 Å². The van der Waals surface area contributed by atoms with Gasteiger partial charge in [0.25, 0.3) is 5.91 Å². The van der Waals surface area contributed by atoms with E-state index in [1.54, 1.807) is 0 Å². The van der Waals surface area contributed by atoms with Crippen LogP contribution in [0, 0.1) is 0 Å². The lowest BCUT2D eigenvalue weighted by molar-refractivity contribution is 0.0958. The number of rotatable bonds is 5. The zero-order valence-electron chi connectivity index (χ0n) is 12.5. The minimum absolute atomic E-state index is 0.0221. The van der Waals surface area contributed by atoms with Crippen molar-refractivity contribution in [3.63, 3.8) is 0 Å². The first-order valence-electron chi connectivity index (χ1n) is 7.39. The molecule has 0 saturated heterocycles. The Hall–Kier alpha value is -2.10. The van der Waals surface area contributed by atoms with Crippen LogP contribution in [-0.2, 0) is 6.42 Å². The molecule has 23 heavy (non-hydrogen) atoms. The molecule has 0 aliphatic heterocycles. The highest BCUT2D eigenvalue weighted by atomic mass is 35.5. The fourth-order valence-corrected chi connectivity index (χ4v) is 3.26. The van der Waals surface area contributed by atoms with Gasteiger partial charge >= 0.3 is 0 Å². The maximum absolute atomic E-state index is 12.2. The monoisotopic (exact) mass is 341 g/mol. The Labute approximate surface area is 144 Å². The molecule has 0 aliphatic carbocycles. The molecular formula is C19H16ClNOS. The molecule has 3 rings (SSSR count). The summed E-state index contributed by atoms with van der Waals surface area (Å²) in [4.78, 5) is 12.9. The van der Waals surface area contributed by atoms with E-state index in [1.807, 2.05) is 53.9 Å². The van der Waals surface area contributed by atoms with Crippen LogP contribution in [0.15, 0.2) is 66.0 Å². The molecule has 0 aliphatic rings. The zero-order chi connectivity index (χ0) is 16.1. The summed E-state index contributed by atoms with van der Waals surface area (Å²) in [5.41, 5.74) is 3.33. The third kappa shape index (κ3) is 4.21. The molecule has 0 atom stereocenters. The van der Waals surface area contributed by atoms with Gasteiger partial charge in [0, 0.05) is 11.6 Å². The molecule has 116 valence electrons. The molecule has 1 heterocycles. The zero-order valence-corrected chi connectivity index (χ0v) is 14.0. The van der Waals surface area contributed by atoms with Crippen LogP contribution >= 0.6 is 22.9 Å². The molecule has 1 amide bonds. The van der Waals surface area contributed by atoms with E-state index in [1.165, 1.54) is 16.9 Å². The lowest BCUT2D eigenvalue weighted by Crippen LogP contribution is -2.24. The molecule has 1 aromatic heterocycles. The summed E-state index contributed by atoms with van der Waals surface area (Å²) in [7, 11) is 0. The van der Waals surface area contributed by atoms with Crippen molar-refractivity contribution in [2.45, 2.75) is 6.42 Å². The highest BCUT2D eigenvalue weighted by Gasteiger charge is 2.09. The number of hydrogen-bond acceptors (Lipinski definition) is 2. The summed E-state index contributed by atoms with van der Waals surface area (Å²) < 4.78 is 0. The van der Waals surface area contributed by atoms with Crippen LogP contribution in [-0.4, -0.2) is 12.5 Å². The van der Waals surface area contributed by atoms with Crippen molar-refractivity contribution in [3.05, 3.63) is 81.5 Å². The predicted molar refractivity (Wildman–Crippen MR) is 97.2 cm³/mol. The van der Waals surface area contributed by atoms with Gasteiger partial charge in [0.1, 0.15) is 0 Å². The average Bonchev–Trinajstić information content (AvgIpc) is 3.06. The standard InChI is InChI=1S/C19H16ClNOS/c20-17-8-6-15(7-9-17)16-12-18(23-13-16)19(22)21-11-10-14-4-2-1-3-5-14/h1-9,12-13H,10-11H2,(H,21,22). The van der Waals surface area contributed by atoms with E-state index in [-0.39, 0.29) is 5.91 Å². The maximum Gasteiger partial charge on any atom is 0.261 e. The molecule has 3 aromatic rings. The van der Waals surface area contributed by atoms with E-state index in [2.05, 4.69) is 17.4 Å². The van der Waals surface area contributed by atoms with Crippen molar-refractivity contribution >= 4 is 28.8 Å². The minimum atomic E-state index is -0.0221. The molecule has 2 aromatic carbocycles. The lowest BCUT2D eigenvalue weighted by atomic mass is 10.1. The minimum Gasteiger partial charge on any atom is -0.351 e. The van der Waals surface area contributed by atoms with Crippen LogP contribution < -0.4 is 5.32 Å². The third-order valence-electron chi connectivity index (χ3n) is 3.54. The largest absolute Gasteiger partial charge is 0.351 e. The SMILES string of the molecule is O=C(NCCc1ccccc1)c1cc(-c2ccc(Cl)cc2)cs1. The lowest BCUT2D eigenvalue weighted by Gasteiger charge is -2.03. The Balaban J connectivity index is 1.59. The van der Waals surface area contributed by atoms with Crippen LogP contribution in [0.5, 0.6) is 0 Å². The molecule has 1 N–H and O–H groups in total. The Morgan fingerprint density at radius 1 is 1.00 bits per heavy atom. The molecule has 0 radical (unpaired) electrons. The van der Waals surface area contributed by atoms with Gasteiger partial charge in [-0.2, -0.15) is 0 Å². The van der Waals surface area contributed by atoms with Crippen LogP contribution in [0.3, 0.4) is 0 Å². The van der Waals surface area contributed by atoms with Crippen molar-refractivity contribution in [2.24, 2.45) is 0 Å². The van der Waals surface area contributed by atoms with E-state index in [9.17, 15) is 4.79 Å². The number of nitrogens with one attached hydrogen (secondary N) is 1. The first-order chi connectivity index (χ1) is 11.2. The van der Waals surface area contributed by atoms with Crippen LogP contribution in [0.25, 0.3) is 11.1 Å². The second-order valence-electron chi connectivity index (χ2n) is 5.20. The summed E-state index contributed by atoms with van der Waals surface area (Å²) in [6.07, 6.45) is 0.835. The second kappa shape index (κ2) is 7.44. The van der Waals surface area contributed by atoms with Crippen molar-refractivity contribution in [3.8, 4) is 11.1 Å². The van der Waals surface area contributed by atoms with Gasteiger partial charge < -0.3 is 5.32 Å². The van der Waals surface area contributed by atoms with Crippen molar-refractivity contribution in [2.75, 3.05) is 6.54 Å². The molecule has 0 saturated carbocycles. The predicted octanol–water partition coefficient (Wildman–Crippen LogP) is 5.04. The number of carbonyl (C=O) groups is 1. The van der Waals surface area contributed by atoms with Crippen molar-refractivity contribution < 1.29 is 4.79 Å². The average molecular weight is 342 g/mol. The Morgan fingerprint density at radius 2 is 1.74 bits per heavy atom. The fourth-order valence-electron chi connectivity index (χ4n) is 2.30. The smallest absolute Gasteiger partial charge is 0.261 e. The van der Waals surface area contributed by atoms with E-state index in [0.29, 0.717) is 11.6 Å². The number of benzene rings is 2. The summed E-state index contributed by atoms with van der Waals surface area (Å²) >= 11 is 7.36. The second-order valence-corrected chi connectivity index (χ2v) is 6.55. The Morgan fingerprint density at radius 3 is 2.48 bits per heavy atom. The van der Waals surface area contributed by atoms with Crippen molar-refractivity contribution in [1.29, 1.82) is 0 Å². The summed E-state index contributed by atoms with van der Waals surface area (Å²) in [5, 5.41) is 5.68. The molecule has 0 unspecified atom stereocenters. The van der Waals surface area contributed by atoms with Gasteiger partial charge in [-0.25, -0.2) is 0 Å². The normalized spacial score (nSPS) is 10.5. The summed E-state index contributed by atoms with van der Waals surface area (Å²) in [6, 6.07) is 19.7. The molecule has 4 heteroatoms. The Bertz CT molecular complexity index is 781. The third-order valence-corrected chi connectivity index (χ3v) is 4.72. The highest BCUT2D eigenvalue weighted by molar-refractivity contribution is 7.12. The van der Waals surface area contributed by atoms with Crippen molar-refractivity contribution in [1.82, 2.24) is 5.32 Å². The summed E-state index contributed by atoms with van der Waals surface area (Å²) in [5.74, 6) is -0.0221. The van der Waals surface area contributed by atoms with Crippen LogP contribution in [0.2, 0.25) is 5.02 Å². The van der Waals surface area contributed by atoms with E-state index in [0.717, 1.165) is 22.4 Å². The first-order valence-corrected chi connectivity index (χ1v) is 8.65. The summed E-state index contributed by atoms with van der Waals surface area (Å²) in [6.45, 7) is 0.636. The van der Waals surface area contributed by atoms with Crippen LogP contribution in [0.4, 0.5) is 0 Å². The van der Waals surface area contributed by atoms with Gasteiger partial charge in [-0.1, -0.05) is 54.1 Å². The van der Waals surface area contributed by atoms with Gasteiger partial charge in [0.05, 0.1) is 4.88 Å². The molecular weight excluding hydrogens is 326 g/mol. The van der Waals surface area contributed by atoms with E-state index >= 15 is 0 Å². The number of carbonyl (C=O) groups excluding carboxylic acids is 1. The topological polar surface area (TPSA) is 29.1 Å². The van der Waals surface area contributed by atoms with Gasteiger partial charge in [0.2, 0.25) is 0 Å².